The number of anilines is 4. The Labute approximate surface area is 111 Å². The summed E-state index contributed by atoms with van der Waals surface area (Å²) in [5.41, 5.74) is 8.11. The van der Waals surface area contributed by atoms with Gasteiger partial charge in [-0.15, -0.1) is 0 Å². The fourth-order valence-corrected chi connectivity index (χ4v) is 1.79. The van der Waals surface area contributed by atoms with Crippen molar-refractivity contribution in [3.05, 3.63) is 34.6 Å². The Morgan fingerprint density at radius 3 is 2.61 bits per heavy atom. The Bertz CT molecular complexity index is 556. The summed E-state index contributed by atoms with van der Waals surface area (Å²) in [7, 11) is 0. The van der Waals surface area contributed by atoms with Crippen molar-refractivity contribution < 1.29 is 4.39 Å². The fourth-order valence-electron chi connectivity index (χ4n) is 1.35. The van der Waals surface area contributed by atoms with Gasteiger partial charge in [0.2, 0.25) is 5.95 Å². The van der Waals surface area contributed by atoms with Gasteiger partial charge in [-0.25, -0.2) is 10.2 Å². The molecule has 2 rings (SSSR count). The monoisotopic (exact) mass is 312 g/mol. The quantitative estimate of drug-likeness (QED) is 0.510. The molecule has 0 atom stereocenters. The van der Waals surface area contributed by atoms with Gasteiger partial charge in [-0.1, -0.05) is 6.07 Å². The second-order valence-electron chi connectivity index (χ2n) is 3.36. The minimum Gasteiger partial charge on any atom is -0.368 e. The molecular formula is C10H10BrFN6. The summed E-state index contributed by atoms with van der Waals surface area (Å²) < 4.78 is 14.2. The van der Waals surface area contributed by atoms with Crippen LogP contribution in [0.5, 0.6) is 0 Å². The molecule has 1 aromatic heterocycles. The second-order valence-corrected chi connectivity index (χ2v) is 4.22. The lowest BCUT2D eigenvalue weighted by Gasteiger charge is -2.10. The zero-order chi connectivity index (χ0) is 13.1. The summed E-state index contributed by atoms with van der Waals surface area (Å²) in [6.07, 6.45) is 0. The third-order valence-corrected chi connectivity index (χ3v) is 2.77. The zero-order valence-electron chi connectivity index (χ0n) is 9.11. The van der Waals surface area contributed by atoms with Crippen LogP contribution in [0.1, 0.15) is 0 Å². The van der Waals surface area contributed by atoms with E-state index in [0.717, 1.165) is 0 Å². The van der Waals surface area contributed by atoms with E-state index in [9.17, 15) is 4.39 Å². The van der Waals surface area contributed by atoms with E-state index >= 15 is 0 Å². The van der Waals surface area contributed by atoms with Crippen LogP contribution in [0, 0.1) is 5.82 Å². The molecule has 6 nitrogen and oxygen atoms in total. The molecule has 0 spiro atoms. The number of hydrogen-bond donors (Lipinski definition) is 4. The normalized spacial score (nSPS) is 10.2. The number of benzene rings is 1. The van der Waals surface area contributed by atoms with E-state index in [4.69, 9.17) is 11.6 Å². The predicted octanol–water partition coefficient (Wildman–Crippen LogP) is 1.99. The number of hydrazine groups is 1. The number of hydrogen-bond acceptors (Lipinski definition) is 6. The number of aromatic nitrogens is 2. The van der Waals surface area contributed by atoms with E-state index in [1.807, 2.05) is 0 Å². The molecule has 1 heterocycles. The summed E-state index contributed by atoms with van der Waals surface area (Å²) in [4.78, 5) is 7.76. The van der Waals surface area contributed by atoms with Crippen LogP contribution in [0.2, 0.25) is 0 Å². The van der Waals surface area contributed by atoms with Crippen LogP contribution < -0.4 is 22.3 Å². The van der Waals surface area contributed by atoms with Crippen molar-refractivity contribution in [2.45, 2.75) is 0 Å². The van der Waals surface area contributed by atoms with Crippen LogP contribution >= 0.6 is 15.9 Å². The first-order chi connectivity index (χ1) is 8.60. The fraction of sp³-hybridized carbons (Fsp3) is 0. The van der Waals surface area contributed by atoms with E-state index < -0.39 is 5.82 Å². The molecule has 0 fully saturated rings. The minimum absolute atomic E-state index is 0.0282. The highest BCUT2D eigenvalue weighted by Crippen LogP contribution is 2.28. The molecule has 0 aliphatic heterocycles. The molecule has 0 radical (unpaired) electrons. The van der Waals surface area contributed by atoms with Crippen molar-refractivity contribution in [1.29, 1.82) is 0 Å². The van der Waals surface area contributed by atoms with Gasteiger partial charge in [-0.3, -0.25) is 0 Å². The molecular weight excluding hydrogens is 303 g/mol. The highest BCUT2D eigenvalue weighted by molar-refractivity contribution is 9.10. The largest absolute Gasteiger partial charge is 0.368 e. The van der Waals surface area contributed by atoms with Crippen molar-refractivity contribution in [1.82, 2.24) is 9.97 Å². The van der Waals surface area contributed by atoms with E-state index in [1.165, 1.54) is 12.1 Å². The highest BCUT2D eigenvalue weighted by atomic mass is 79.9. The van der Waals surface area contributed by atoms with E-state index in [1.54, 1.807) is 12.1 Å². The third-order valence-electron chi connectivity index (χ3n) is 2.11. The Morgan fingerprint density at radius 1 is 1.22 bits per heavy atom. The maximum absolute atomic E-state index is 13.6. The first-order valence-corrected chi connectivity index (χ1v) is 5.71. The number of rotatable bonds is 3. The Kier molecular flexibility index (Phi) is 3.58. The van der Waals surface area contributed by atoms with Gasteiger partial charge < -0.3 is 16.5 Å². The molecule has 8 heteroatoms. The zero-order valence-corrected chi connectivity index (χ0v) is 10.7. The first kappa shape index (κ1) is 12.5. The van der Waals surface area contributed by atoms with Gasteiger partial charge in [0.1, 0.15) is 17.5 Å². The Balaban J connectivity index is 2.37. The number of nitrogens with one attached hydrogen (secondary N) is 2. The van der Waals surface area contributed by atoms with Crippen molar-refractivity contribution in [2.24, 2.45) is 5.84 Å². The molecule has 0 aliphatic rings. The molecule has 0 bridgehead atoms. The third kappa shape index (κ3) is 2.66. The van der Waals surface area contributed by atoms with Crippen LogP contribution in [0.25, 0.3) is 0 Å². The summed E-state index contributed by atoms with van der Waals surface area (Å²) in [5.74, 6) is 5.51. The molecule has 0 saturated carbocycles. The van der Waals surface area contributed by atoms with Crippen molar-refractivity contribution >= 4 is 39.2 Å². The van der Waals surface area contributed by atoms with Crippen LogP contribution in [0.15, 0.2) is 28.7 Å². The maximum atomic E-state index is 13.6. The van der Waals surface area contributed by atoms with Crippen molar-refractivity contribution in [3.8, 4) is 0 Å². The van der Waals surface area contributed by atoms with Gasteiger partial charge in [-0.05, 0) is 28.1 Å². The average molecular weight is 313 g/mol. The van der Waals surface area contributed by atoms with Gasteiger partial charge in [0.15, 0.2) is 0 Å². The Morgan fingerprint density at radius 2 is 1.94 bits per heavy atom. The van der Waals surface area contributed by atoms with Crippen molar-refractivity contribution in [3.63, 3.8) is 0 Å². The molecule has 94 valence electrons. The molecule has 6 N–H and O–H groups in total. The number of nitrogens with zero attached hydrogens (tertiary/aromatic N) is 2. The van der Waals surface area contributed by atoms with E-state index in [2.05, 4.69) is 36.6 Å². The molecule has 0 unspecified atom stereocenters. The number of halogens is 2. The van der Waals surface area contributed by atoms with Crippen LogP contribution in [0.4, 0.5) is 27.7 Å². The molecule has 1 aromatic carbocycles. The molecule has 0 amide bonds. The highest BCUT2D eigenvalue weighted by Gasteiger charge is 2.08. The predicted molar refractivity (Wildman–Crippen MR) is 71.6 cm³/mol. The molecule has 2 aromatic rings. The summed E-state index contributed by atoms with van der Waals surface area (Å²) in [6.45, 7) is 0. The minimum atomic E-state index is -0.413. The number of nitrogen functional groups attached to an aromatic ring is 2. The lowest BCUT2D eigenvalue weighted by atomic mass is 10.3. The van der Waals surface area contributed by atoms with Gasteiger partial charge in [0, 0.05) is 10.5 Å². The van der Waals surface area contributed by atoms with Crippen molar-refractivity contribution in [2.75, 3.05) is 16.5 Å². The molecule has 18 heavy (non-hydrogen) atoms. The maximum Gasteiger partial charge on any atom is 0.223 e. The number of nitrogens with two attached hydrogens (primary N) is 2. The van der Waals surface area contributed by atoms with Gasteiger partial charge in [-0.2, -0.15) is 9.97 Å². The molecule has 0 aliphatic carbocycles. The standard InChI is InChI=1S/C10H10BrFN6/c11-5-2-1-3-6(12)9(5)15-7-4-8(18-14)17-10(13)16-7/h1-4H,14H2,(H4,13,15,16,17,18). The van der Waals surface area contributed by atoms with Crippen LogP contribution in [-0.2, 0) is 0 Å². The summed E-state index contributed by atoms with van der Waals surface area (Å²) in [5, 5.41) is 2.81. The molecule has 0 saturated heterocycles. The Hall–Kier alpha value is -1.93. The lowest BCUT2D eigenvalue weighted by molar-refractivity contribution is 0.631. The topological polar surface area (TPSA) is 102 Å². The smallest absolute Gasteiger partial charge is 0.223 e. The van der Waals surface area contributed by atoms with Gasteiger partial charge in [0.05, 0.1) is 5.69 Å². The number of para-hydroxylation sites is 1. The lowest BCUT2D eigenvalue weighted by Crippen LogP contribution is -2.11. The first-order valence-electron chi connectivity index (χ1n) is 4.92. The van der Waals surface area contributed by atoms with Crippen LogP contribution in [-0.4, -0.2) is 9.97 Å². The van der Waals surface area contributed by atoms with E-state index in [-0.39, 0.29) is 11.6 Å². The summed E-state index contributed by atoms with van der Waals surface area (Å²) >= 11 is 3.24. The SMILES string of the molecule is NNc1cc(Nc2c(F)cccc2Br)nc(N)n1. The summed E-state index contributed by atoms with van der Waals surface area (Å²) in [6, 6.07) is 6.14. The van der Waals surface area contributed by atoms with E-state index in [0.29, 0.717) is 16.1 Å². The van der Waals surface area contributed by atoms with Gasteiger partial charge >= 0.3 is 0 Å². The average Bonchev–Trinajstić information content (AvgIpc) is 2.33. The second kappa shape index (κ2) is 5.15. The van der Waals surface area contributed by atoms with Gasteiger partial charge in [0.25, 0.3) is 0 Å². The van der Waals surface area contributed by atoms with Crippen LogP contribution in [0.3, 0.4) is 0 Å².